The number of anilines is 1. The number of benzene rings is 1. The van der Waals surface area contributed by atoms with Crippen LogP contribution >= 0.6 is 11.6 Å². The molecule has 0 atom stereocenters. The number of hydrogen-bond acceptors (Lipinski definition) is 3. The molecule has 0 amide bonds. The van der Waals surface area contributed by atoms with E-state index in [4.69, 9.17) is 17.3 Å². The minimum Gasteiger partial charge on any atom is -0.369 e. The molecule has 1 aromatic heterocycles. The predicted molar refractivity (Wildman–Crippen MR) is 84.0 cm³/mol. The van der Waals surface area contributed by atoms with Crippen molar-refractivity contribution >= 4 is 28.6 Å². The molecule has 20 heavy (non-hydrogen) atoms. The Morgan fingerprint density at radius 2 is 2.10 bits per heavy atom. The second-order valence-corrected chi connectivity index (χ2v) is 6.17. The molecule has 5 heteroatoms. The van der Waals surface area contributed by atoms with Crippen LogP contribution in [0.4, 0.5) is 5.95 Å². The van der Waals surface area contributed by atoms with Crippen LogP contribution in [-0.4, -0.2) is 34.6 Å². The quantitative estimate of drug-likeness (QED) is 0.946. The van der Waals surface area contributed by atoms with E-state index in [1.807, 2.05) is 18.2 Å². The molecule has 108 valence electrons. The molecule has 1 aliphatic rings. The SMILES string of the molecule is CN1CCC(CCn2c(N)nc3cccc(Cl)c32)CC1. The number of hydrogen-bond donors (Lipinski definition) is 1. The Hall–Kier alpha value is -1.26. The van der Waals surface area contributed by atoms with Crippen molar-refractivity contribution in [1.29, 1.82) is 0 Å². The lowest BCUT2D eigenvalue weighted by molar-refractivity contribution is 0.208. The zero-order valence-electron chi connectivity index (χ0n) is 11.8. The van der Waals surface area contributed by atoms with Crippen LogP contribution in [0.3, 0.4) is 0 Å². The number of para-hydroxylation sites is 1. The van der Waals surface area contributed by atoms with Crippen LogP contribution in [0.5, 0.6) is 0 Å². The molecule has 2 aromatic rings. The molecule has 4 nitrogen and oxygen atoms in total. The van der Waals surface area contributed by atoms with Crippen LogP contribution < -0.4 is 5.73 Å². The second kappa shape index (κ2) is 5.62. The van der Waals surface area contributed by atoms with E-state index in [0.29, 0.717) is 5.95 Å². The van der Waals surface area contributed by atoms with Gasteiger partial charge in [-0.2, -0.15) is 0 Å². The predicted octanol–water partition coefficient (Wildman–Crippen LogP) is 3.00. The van der Waals surface area contributed by atoms with Gasteiger partial charge in [0.05, 0.1) is 16.1 Å². The van der Waals surface area contributed by atoms with Gasteiger partial charge in [0, 0.05) is 6.54 Å². The van der Waals surface area contributed by atoms with Gasteiger partial charge in [0.15, 0.2) is 0 Å². The van der Waals surface area contributed by atoms with Gasteiger partial charge in [0.1, 0.15) is 0 Å². The minimum atomic E-state index is 0.570. The van der Waals surface area contributed by atoms with E-state index in [9.17, 15) is 0 Å². The molecular weight excluding hydrogens is 272 g/mol. The number of nitrogens with zero attached hydrogens (tertiary/aromatic N) is 3. The molecular formula is C15H21ClN4. The smallest absolute Gasteiger partial charge is 0.201 e. The maximum absolute atomic E-state index is 6.29. The van der Waals surface area contributed by atoms with Gasteiger partial charge in [-0.05, 0) is 57.5 Å². The first kappa shape index (κ1) is 13.7. The third kappa shape index (κ3) is 2.63. The maximum atomic E-state index is 6.29. The molecule has 0 unspecified atom stereocenters. The van der Waals surface area contributed by atoms with E-state index in [1.54, 1.807) is 0 Å². The van der Waals surface area contributed by atoms with Crippen LogP contribution in [0.1, 0.15) is 19.3 Å². The van der Waals surface area contributed by atoms with Gasteiger partial charge >= 0.3 is 0 Å². The standard InChI is InChI=1S/C15H21ClN4/c1-19-8-5-11(6-9-19)7-10-20-14-12(16)3-2-4-13(14)18-15(20)17/h2-4,11H,5-10H2,1H3,(H2,17,18). The average Bonchev–Trinajstić information content (AvgIpc) is 2.75. The van der Waals surface area contributed by atoms with Gasteiger partial charge in [0.2, 0.25) is 5.95 Å². The fraction of sp³-hybridized carbons (Fsp3) is 0.533. The molecule has 0 aliphatic carbocycles. The topological polar surface area (TPSA) is 47.1 Å². The molecule has 1 aromatic carbocycles. The van der Waals surface area contributed by atoms with Crippen molar-refractivity contribution in [3.63, 3.8) is 0 Å². The average molecular weight is 293 g/mol. The largest absolute Gasteiger partial charge is 0.369 e. The van der Waals surface area contributed by atoms with Crippen molar-refractivity contribution in [2.45, 2.75) is 25.8 Å². The van der Waals surface area contributed by atoms with Crippen LogP contribution in [0.2, 0.25) is 5.02 Å². The Morgan fingerprint density at radius 3 is 2.85 bits per heavy atom. The van der Waals surface area contributed by atoms with Crippen molar-refractivity contribution < 1.29 is 0 Å². The number of aromatic nitrogens is 2. The third-order valence-corrected chi connectivity index (χ3v) is 4.65. The molecule has 1 fully saturated rings. The van der Waals surface area contributed by atoms with Crippen molar-refractivity contribution in [3.05, 3.63) is 23.2 Å². The summed E-state index contributed by atoms with van der Waals surface area (Å²) in [5.74, 6) is 1.35. The number of imidazole rings is 1. The minimum absolute atomic E-state index is 0.570. The number of aryl methyl sites for hydroxylation is 1. The van der Waals surface area contributed by atoms with E-state index in [-0.39, 0.29) is 0 Å². The normalized spacial score (nSPS) is 17.9. The Bertz CT molecular complexity index is 599. The fourth-order valence-corrected chi connectivity index (χ4v) is 3.32. The van der Waals surface area contributed by atoms with Gasteiger partial charge < -0.3 is 15.2 Å². The number of piperidine rings is 1. The molecule has 3 rings (SSSR count). The highest BCUT2D eigenvalue weighted by Crippen LogP contribution is 2.27. The van der Waals surface area contributed by atoms with Crippen LogP contribution in [0.15, 0.2) is 18.2 Å². The van der Waals surface area contributed by atoms with E-state index < -0.39 is 0 Å². The summed E-state index contributed by atoms with van der Waals surface area (Å²) >= 11 is 6.29. The van der Waals surface area contributed by atoms with E-state index >= 15 is 0 Å². The zero-order valence-corrected chi connectivity index (χ0v) is 12.6. The van der Waals surface area contributed by atoms with E-state index in [2.05, 4.69) is 21.5 Å². The first-order chi connectivity index (χ1) is 9.65. The molecule has 0 saturated carbocycles. The van der Waals surface area contributed by atoms with Crippen molar-refractivity contribution in [3.8, 4) is 0 Å². The van der Waals surface area contributed by atoms with Gasteiger partial charge in [0.25, 0.3) is 0 Å². The van der Waals surface area contributed by atoms with Crippen LogP contribution in [0.25, 0.3) is 11.0 Å². The van der Waals surface area contributed by atoms with E-state index in [1.165, 1.54) is 25.9 Å². The lowest BCUT2D eigenvalue weighted by atomic mass is 9.94. The Balaban J connectivity index is 1.76. The van der Waals surface area contributed by atoms with Gasteiger partial charge in [-0.15, -0.1) is 0 Å². The molecule has 0 bridgehead atoms. The maximum Gasteiger partial charge on any atom is 0.201 e. The second-order valence-electron chi connectivity index (χ2n) is 5.76. The Labute approximate surface area is 124 Å². The summed E-state index contributed by atoms with van der Waals surface area (Å²) in [4.78, 5) is 6.79. The fourth-order valence-electron chi connectivity index (χ4n) is 3.05. The van der Waals surface area contributed by atoms with Gasteiger partial charge in [-0.3, -0.25) is 0 Å². The van der Waals surface area contributed by atoms with E-state index in [0.717, 1.165) is 34.9 Å². The Kier molecular flexibility index (Phi) is 3.85. The monoisotopic (exact) mass is 292 g/mol. The highest BCUT2D eigenvalue weighted by atomic mass is 35.5. The van der Waals surface area contributed by atoms with Crippen LogP contribution in [-0.2, 0) is 6.54 Å². The van der Waals surface area contributed by atoms with Crippen molar-refractivity contribution in [2.75, 3.05) is 25.9 Å². The summed E-state index contributed by atoms with van der Waals surface area (Å²) in [5, 5.41) is 0.732. The van der Waals surface area contributed by atoms with Gasteiger partial charge in [-0.25, -0.2) is 4.98 Å². The highest BCUT2D eigenvalue weighted by molar-refractivity contribution is 6.35. The number of fused-ring (bicyclic) bond motifs is 1. The van der Waals surface area contributed by atoms with Gasteiger partial charge in [-0.1, -0.05) is 17.7 Å². The molecule has 0 spiro atoms. The first-order valence-corrected chi connectivity index (χ1v) is 7.61. The summed E-state index contributed by atoms with van der Waals surface area (Å²) in [7, 11) is 2.19. The summed E-state index contributed by atoms with van der Waals surface area (Å²) in [5.41, 5.74) is 7.90. The molecule has 0 radical (unpaired) electrons. The first-order valence-electron chi connectivity index (χ1n) is 7.24. The number of nitrogen functional groups attached to an aromatic ring is 1. The number of likely N-dealkylation sites (tertiary alicyclic amines) is 1. The lowest BCUT2D eigenvalue weighted by Gasteiger charge is -2.29. The summed E-state index contributed by atoms with van der Waals surface area (Å²) in [6.07, 6.45) is 3.70. The lowest BCUT2D eigenvalue weighted by Crippen LogP contribution is -2.30. The summed E-state index contributed by atoms with van der Waals surface area (Å²) in [6, 6.07) is 5.78. The number of nitrogens with two attached hydrogens (primary N) is 1. The summed E-state index contributed by atoms with van der Waals surface area (Å²) in [6.45, 7) is 3.30. The molecule has 1 saturated heterocycles. The van der Waals surface area contributed by atoms with Crippen molar-refractivity contribution in [2.24, 2.45) is 5.92 Å². The number of rotatable bonds is 3. The highest BCUT2D eigenvalue weighted by Gasteiger charge is 2.18. The zero-order chi connectivity index (χ0) is 14.1. The molecule has 1 aliphatic heterocycles. The van der Waals surface area contributed by atoms with Crippen LogP contribution in [0, 0.1) is 5.92 Å². The van der Waals surface area contributed by atoms with Crippen molar-refractivity contribution in [1.82, 2.24) is 14.5 Å². The Morgan fingerprint density at radius 1 is 1.35 bits per heavy atom. The molecule has 2 heterocycles. The summed E-state index contributed by atoms with van der Waals surface area (Å²) < 4.78 is 2.07. The third-order valence-electron chi connectivity index (χ3n) is 4.35. The number of halogens is 1. The molecule has 2 N–H and O–H groups in total.